The fraction of sp³-hybridized carbons (Fsp3) is 0.857. The van der Waals surface area contributed by atoms with Crippen molar-refractivity contribution in [3.8, 4) is 0 Å². The number of rotatable bonds is 3. The number of urea groups is 1. The number of amides is 2. The molecule has 1 saturated heterocycles. The highest BCUT2D eigenvalue weighted by atomic mass is 16.3. The first-order chi connectivity index (χ1) is 5.72. The summed E-state index contributed by atoms with van der Waals surface area (Å²) in [6.07, 6.45) is 0.605. The maximum absolute atomic E-state index is 11.0. The van der Waals surface area contributed by atoms with Crippen LogP contribution in [-0.2, 0) is 0 Å². The lowest BCUT2D eigenvalue weighted by Crippen LogP contribution is -2.70. The van der Waals surface area contributed by atoms with Gasteiger partial charge in [-0.3, -0.25) is 0 Å². The van der Waals surface area contributed by atoms with Crippen molar-refractivity contribution in [1.29, 1.82) is 0 Å². The Balaban J connectivity index is 2.39. The summed E-state index contributed by atoms with van der Waals surface area (Å²) in [4.78, 5) is 11.0. The van der Waals surface area contributed by atoms with Gasteiger partial charge in [-0.1, -0.05) is 0 Å². The van der Waals surface area contributed by atoms with Crippen LogP contribution in [0.1, 0.15) is 6.42 Å². The molecule has 1 rings (SSSR count). The van der Waals surface area contributed by atoms with Crippen molar-refractivity contribution in [2.75, 3.05) is 26.7 Å². The second kappa shape index (κ2) is 3.73. The van der Waals surface area contributed by atoms with Gasteiger partial charge < -0.3 is 21.1 Å². The topological polar surface area (TPSA) is 73.4 Å². The molecule has 4 N–H and O–H groups in total. The predicted molar refractivity (Wildman–Crippen MR) is 44.9 cm³/mol. The molecule has 12 heavy (non-hydrogen) atoms. The van der Waals surface area contributed by atoms with Gasteiger partial charge in [0.1, 0.15) is 0 Å². The minimum absolute atomic E-state index is 0.103. The third-order valence-electron chi connectivity index (χ3n) is 2.12. The predicted octanol–water partition coefficient (Wildman–Crippen LogP) is -1.36. The van der Waals surface area contributed by atoms with Crippen molar-refractivity contribution in [2.45, 2.75) is 12.0 Å². The summed E-state index contributed by atoms with van der Waals surface area (Å²) in [5.74, 6) is 0. The van der Waals surface area contributed by atoms with Gasteiger partial charge in [-0.25, -0.2) is 4.79 Å². The number of aliphatic hydroxyl groups is 1. The molecule has 1 heterocycles. The summed E-state index contributed by atoms with van der Waals surface area (Å²) >= 11 is 0. The van der Waals surface area contributed by atoms with Crippen LogP contribution in [0.25, 0.3) is 0 Å². The number of hydrogen-bond donors (Lipinski definition) is 4. The molecule has 2 amide bonds. The molecular formula is C7H15N3O2. The number of carbonyl (C=O) groups excluding carboxylic acids is 1. The Bertz CT molecular complexity index is 168. The second-order valence-electron chi connectivity index (χ2n) is 3.06. The van der Waals surface area contributed by atoms with Crippen LogP contribution in [0, 0.1) is 0 Å². The third-order valence-corrected chi connectivity index (χ3v) is 2.12. The van der Waals surface area contributed by atoms with Crippen LogP contribution in [-0.4, -0.2) is 43.4 Å². The molecule has 1 aliphatic heterocycles. The Hall–Kier alpha value is -0.810. The minimum atomic E-state index is -0.227. The van der Waals surface area contributed by atoms with E-state index in [1.54, 1.807) is 7.05 Å². The Morgan fingerprint density at radius 3 is 2.67 bits per heavy atom. The fourth-order valence-corrected chi connectivity index (χ4v) is 1.27. The van der Waals surface area contributed by atoms with Crippen molar-refractivity contribution in [3.05, 3.63) is 0 Å². The van der Waals surface area contributed by atoms with Crippen LogP contribution in [0.5, 0.6) is 0 Å². The maximum Gasteiger partial charge on any atom is 0.315 e. The van der Waals surface area contributed by atoms with Gasteiger partial charge in [-0.15, -0.1) is 0 Å². The molecule has 0 radical (unpaired) electrons. The highest BCUT2D eigenvalue weighted by Crippen LogP contribution is 2.14. The molecule has 0 aromatic heterocycles. The van der Waals surface area contributed by atoms with Crippen LogP contribution in [0.4, 0.5) is 4.79 Å². The van der Waals surface area contributed by atoms with Crippen LogP contribution in [0.2, 0.25) is 0 Å². The smallest absolute Gasteiger partial charge is 0.315 e. The van der Waals surface area contributed by atoms with Gasteiger partial charge in [0, 0.05) is 26.7 Å². The van der Waals surface area contributed by atoms with E-state index in [-0.39, 0.29) is 18.2 Å². The largest absolute Gasteiger partial charge is 0.396 e. The Morgan fingerprint density at radius 2 is 2.33 bits per heavy atom. The zero-order chi connectivity index (χ0) is 9.03. The fourth-order valence-electron chi connectivity index (χ4n) is 1.27. The Morgan fingerprint density at radius 1 is 1.67 bits per heavy atom. The van der Waals surface area contributed by atoms with E-state index in [1.165, 1.54) is 0 Å². The summed E-state index contributed by atoms with van der Waals surface area (Å²) in [5, 5.41) is 17.1. The molecule has 0 spiro atoms. The van der Waals surface area contributed by atoms with E-state index >= 15 is 0 Å². The van der Waals surface area contributed by atoms with E-state index in [2.05, 4.69) is 16.0 Å². The van der Waals surface area contributed by atoms with E-state index in [4.69, 9.17) is 5.11 Å². The summed E-state index contributed by atoms with van der Waals surface area (Å²) in [5.41, 5.74) is -0.227. The number of carbonyl (C=O) groups is 1. The lowest BCUT2D eigenvalue weighted by Gasteiger charge is -2.42. The van der Waals surface area contributed by atoms with Gasteiger partial charge in [-0.2, -0.15) is 0 Å². The van der Waals surface area contributed by atoms with Gasteiger partial charge in [0.05, 0.1) is 5.54 Å². The van der Waals surface area contributed by atoms with Gasteiger partial charge in [0.2, 0.25) is 0 Å². The molecule has 5 nitrogen and oxygen atoms in total. The summed E-state index contributed by atoms with van der Waals surface area (Å²) in [7, 11) is 1.58. The van der Waals surface area contributed by atoms with E-state index < -0.39 is 0 Å². The standard InChI is InChI=1S/C7H15N3O2/c1-8-6(12)10-7(2-3-11)4-9-5-7/h9,11H,2-5H2,1H3,(H2,8,10,12). The van der Waals surface area contributed by atoms with E-state index in [1.807, 2.05) is 0 Å². The molecule has 0 atom stereocenters. The van der Waals surface area contributed by atoms with Crippen LogP contribution in [0.3, 0.4) is 0 Å². The van der Waals surface area contributed by atoms with Crippen molar-refractivity contribution in [2.24, 2.45) is 0 Å². The second-order valence-corrected chi connectivity index (χ2v) is 3.06. The van der Waals surface area contributed by atoms with Crippen molar-refractivity contribution < 1.29 is 9.90 Å². The average Bonchev–Trinajstić information content (AvgIpc) is 2.00. The molecule has 0 unspecified atom stereocenters. The van der Waals surface area contributed by atoms with Gasteiger partial charge in [0.15, 0.2) is 0 Å². The monoisotopic (exact) mass is 173 g/mol. The van der Waals surface area contributed by atoms with Gasteiger partial charge >= 0.3 is 6.03 Å². The van der Waals surface area contributed by atoms with Crippen molar-refractivity contribution in [3.63, 3.8) is 0 Å². The molecule has 1 aliphatic rings. The highest BCUT2D eigenvalue weighted by molar-refractivity contribution is 5.74. The molecule has 0 aromatic rings. The molecule has 1 fully saturated rings. The first-order valence-electron chi connectivity index (χ1n) is 4.04. The molecule has 0 aromatic carbocycles. The normalized spacial score (nSPS) is 19.5. The summed E-state index contributed by atoms with van der Waals surface area (Å²) in [6, 6.07) is -0.190. The molecule has 5 heteroatoms. The number of hydrogen-bond acceptors (Lipinski definition) is 3. The van der Waals surface area contributed by atoms with Crippen LogP contribution in [0.15, 0.2) is 0 Å². The average molecular weight is 173 g/mol. The summed E-state index contributed by atoms with van der Waals surface area (Å²) in [6.45, 7) is 1.58. The number of aliphatic hydroxyl groups excluding tert-OH is 1. The zero-order valence-corrected chi connectivity index (χ0v) is 7.18. The minimum Gasteiger partial charge on any atom is -0.396 e. The molecular weight excluding hydrogens is 158 g/mol. The number of nitrogens with one attached hydrogen (secondary N) is 3. The molecule has 70 valence electrons. The maximum atomic E-state index is 11.0. The zero-order valence-electron chi connectivity index (χ0n) is 7.18. The molecule has 0 bridgehead atoms. The quantitative estimate of drug-likeness (QED) is 0.426. The molecule has 0 aliphatic carbocycles. The van der Waals surface area contributed by atoms with E-state index in [9.17, 15) is 4.79 Å². The lowest BCUT2D eigenvalue weighted by molar-refractivity contribution is 0.155. The van der Waals surface area contributed by atoms with Gasteiger partial charge in [-0.05, 0) is 6.42 Å². The summed E-state index contributed by atoms with van der Waals surface area (Å²) < 4.78 is 0. The Labute approximate surface area is 71.5 Å². The van der Waals surface area contributed by atoms with Crippen LogP contribution >= 0.6 is 0 Å². The lowest BCUT2D eigenvalue weighted by atomic mass is 9.89. The van der Waals surface area contributed by atoms with Crippen LogP contribution < -0.4 is 16.0 Å². The van der Waals surface area contributed by atoms with Crippen molar-refractivity contribution in [1.82, 2.24) is 16.0 Å². The van der Waals surface area contributed by atoms with E-state index in [0.717, 1.165) is 13.1 Å². The first-order valence-corrected chi connectivity index (χ1v) is 4.04. The van der Waals surface area contributed by atoms with Gasteiger partial charge in [0.25, 0.3) is 0 Å². The Kier molecular flexibility index (Phi) is 2.88. The molecule has 0 saturated carbocycles. The first kappa shape index (κ1) is 9.28. The SMILES string of the molecule is CNC(=O)NC1(CCO)CNC1. The van der Waals surface area contributed by atoms with E-state index in [0.29, 0.717) is 6.42 Å². The van der Waals surface area contributed by atoms with Crippen molar-refractivity contribution >= 4 is 6.03 Å². The third kappa shape index (κ3) is 1.86. The highest BCUT2D eigenvalue weighted by Gasteiger charge is 2.37.